The lowest BCUT2D eigenvalue weighted by molar-refractivity contribution is 0.511. The molecule has 0 aliphatic rings. The van der Waals surface area contributed by atoms with E-state index in [2.05, 4.69) is 41.8 Å². The van der Waals surface area contributed by atoms with Gasteiger partial charge in [-0.3, -0.25) is 0 Å². The van der Waals surface area contributed by atoms with Crippen LogP contribution in [0, 0.1) is 0 Å². The summed E-state index contributed by atoms with van der Waals surface area (Å²) in [7, 11) is 0. The monoisotopic (exact) mass is 249 g/mol. The van der Waals surface area contributed by atoms with Crippen LogP contribution in [0.2, 0.25) is 0 Å². The second kappa shape index (κ2) is 8.90. The van der Waals surface area contributed by atoms with Crippen molar-refractivity contribution in [3.05, 3.63) is 23.5 Å². The van der Waals surface area contributed by atoms with Crippen LogP contribution in [-0.2, 0) is 13.0 Å². The van der Waals surface area contributed by atoms with Crippen molar-refractivity contribution in [1.29, 1.82) is 0 Å². The smallest absolute Gasteiger partial charge is 0.0725 e. The molecule has 0 spiro atoms. The van der Waals surface area contributed by atoms with Gasteiger partial charge < -0.3 is 0 Å². The molecular formula is C15H27N3. The van der Waals surface area contributed by atoms with E-state index in [-0.39, 0.29) is 0 Å². The normalized spacial score (nSPS) is 10.6. The van der Waals surface area contributed by atoms with Gasteiger partial charge in [-0.1, -0.05) is 36.6 Å². The maximum Gasteiger partial charge on any atom is 0.0725 e. The van der Waals surface area contributed by atoms with Crippen LogP contribution in [-0.4, -0.2) is 15.0 Å². The van der Waals surface area contributed by atoms with Crippen LogP contribution in [0.5, 0.6) is 0 Å². The van der Waals surface area contributed by atoms with Crippen molar-refractivity contribution in [2.75, 3.05) is 0 Å². The first-order valence-electron chi connectivity index (χ1n) is 7.24. The maximum absolute atomic E-state index is 4.17. The Morgan fingerprint density at radius 1 is 1.22 bits per heavy atom. The van der Waals surface area contributed by atoms with Gasteiger partial charge in [0.15, 0.2) is 0 Å². The van der Waals surface area contributed by atoms with Gasteiger partial charge in [0.2, 0.25) is 0 Å². The molecule has 1 rings (SSSR count). The molecule has 1 aromatic heterocycles. The van der Waals surface area contributed by atoms with Crippen LogP contribution < -0.4 is 0 Å². The first-order chi connectivity index (χ1) is 8.74. The largest absolute Gasteiger partial charge is 0.249 e. The molecule has 102 valence electrons. The molecule has 0 amide bonds. The van der Waals surface area contributed by atoms with Gasteiger partial charge in [-0.2, -0.15) is 0 Å². The maximum atomic E-state index is 4.17. The Balaban J connectivity index is 2.18. The number of hydrogen-bond acceptors (Lipinski definition) is 2. The fourth-order valence-electron chi connectivity index (χ4n) is 1.99. The van der Waals surface area contributed by atoms with E-state index in [1.54, 1.807) is 0 Å². The standard InChI is InChI=1S/C15H27N3/c1-4-5-11-15-13-16-17-18(15)12-9-7-6-8-10-14(2)3/h10,13H,4-9,11-12H2,1-3H3. The van der Waals surface area contributed by atoms with E-state index in [0.717, 1.165) is 13.0 Å². The van der Waals surface area contributed by atoms with E-state index in [1.807, 2.05) is 6.20 Å². The number of allylic oxidation sites excluding steroid dienone is 2. The summed E-state index contributed by atoms with van der Waals surface area (Å²) in [4.78, 5) is 0. The van der Waals surface area contributed by atoms with Gasteiger partial charge >= 0.3 is 0 Å². The number of hydrogen-bond donors (Lipinski definition) is 0. The fraction of sp³-hybridized carbons (Fsp3) is 0.733. The lowest BCUT2D eigenvalue weighted by Gasteiger charge is -2.05. The molecule has 0 aliphatic heterocycles. The molecule has 3 heteroatoms. The van der Waals surface area contributed by atoms with E-state index in [1.165, 1.54) is 49.8 Å². The Kier molecular flexibility index (Phi) is 7.38. The van der Waals surface area contributed by atoms with Crippen LogP contribution >= 0.6 is 0 Å². The number of nitrogens with zero attached hydrogens (tertiary/aromatic N) is 3. The van der Waals surface area contributed by atoms with Gasteiger partial charge in [0, 0.05) is 6.54 Å². The van der Waals surface area contributed by atoms with Gasteiger partial charge in [0.25, 0.3) is 0 Å². The molecule has 1 heterocycles. The molecule has 0 radical (unpaired) electrons. The van der Waals surface area contributed by atoms with Crippen LogP contribution in [0.1, 0.15) is 65.0 Å². The highest BCUT2D eigenvalue weighted by atomic mass is 15.4. The highest BCUT2D eigenvalue weighted by molar-refractivity contribution is 4.94. The van der Waals surface area contributed by atoms with Crippen molar-refractivity contribution in [1.82, 2.24) is 15.0 Å². The van der Waals surface area contributed by atoms with Crippen LogP contribution in [0.3, 0.4) is 0 Å². The lowest BCUT2D eigenvalue weighted by atomic mass is 10.1. The van der Waals surface area contributed by atoms with Gasteiger partial charge in [-0.15, -0.1) is 5.10 Å². The Labute approximate surface area is 111 Å². The number of aromatic nitrogens is 3. The zero-order chi connectivity index (χ0) is 13.2. The third-order valence-corrected chi connectivity index (χ3v) is 3.11. The quantitative estimate of drug-likeness (QED) is 0.486. The minimum Gasteiger partial charge on any atom is -0.249 e. The van der Waals surface area contributed by atoms with Gasteiger partial charge in [0.05, 0.1) is 11.9 Å². The van der Waals surface area contributed by atoms with Gasteiger partial charge in [0.1, 0.15) is 0 Å². The summed E-state index contributed by atoms with van der Waals surface area (Å²) in [6.45, 7) is 7.57. The topological polar surface area (TPSA) is 30.7 Å². The summed E-state index contributed by atoms with van der Waals surface area (Å²) < 4.78 is 2.08. The average Bonchev–Trinajstić information content (AvgIpc) is 2.78. The van der Waals surface area contributed by atoms with Crippen molar-refractivity contribution < 1.29 is 0 Å². The molecule has 0 N–H and O–H groups in total. The third kappa shape index (κ3) is 5.99. The van der Waals surface area contributed by atoms with E-state index in [0.29, 0.717) is 0 Å². The average molecular weight is 249 g/mol. The summed E-state index contributed by atoms with van der Waals surface area (Å²) in [6, 6.07) is 0. The van der Waals surface area contributed by atoms with E-state index in [9.17, 15) is 0 Å². The van der Waals surface area contributed by atoms with Crippen molar-refractivity contribution in [3.63, 3.8) is 0 Å². The van der Waals surface area contributed by atoms with Crippen LogP contribution in [0.25, 0.3) is 0 Å². The molecular weight excluding hydrogens is 222 g/mol. The van der Waals surface area contributed by atoms with E-state index in [4.69, 9.17) is 0 Å². The molecule has 0 bridgehead atoms. The first-order valence-corrected chi connectivity index (χ1v) is 7.24. The van der Waals surface area contributed by atoms with Crippen molar-refractivity contribution in [2.24, 2.45) is 0 Å². The molecule has 18 heavy (non-hydrogen) atoms. The molecule has 0 aromatic carbocycles. The second-order valence-corrected chi connectivity index (χ2v) is 5.18. The number of aryl methyl sites for hydroxylation is 2. The zero-order valence-electron chi connectivity index (χ0n) is 12.2. The minimum absolute atomic E-state index is 1.02. The summed E-state index contributed by atoms with van der Waals surface area (Å²) in [5, 5.41) is 8.19. The van der Waals surface area contributed by atoms with E-state index >= 15 is 0 Å². The third-order valence-electron chi connectivity index (χ3n) is 3.11. The van der Waals surface area contributed by atoms with Crippen molar-refractivity contribution in [2.45, 2.75) is 72.3 Å². The second-order valence-electron chi connectivity index (χ2n) is 5.18. The molecule has 0 aliphatic carbocycles. The SMILES string of the molecule is CCCCc1cnnn1CCCCCC=C(C)C. The predicted molar refractivity (Wildman–Crippen MR) is 76.5 cm³/mol. The first kappa shape index (κ1) is 14.9. The molecule has 0 atom stereocenters. The number of unbranched alkanes of at least 4 members (excludes halogenated alkanes) is 4. The number of rotatable bonds is 9. The van der Waals surface area contributed by atoms with Gasteiger partial charge in [-0.05, 0) is 46.0 Å². The van der Waals surface area contributed by atoms with Crippen molar-refractivity contribution in [3.8, 4) is 0 Å². The summed E-state index contributed by atoms with van der Waals surface area (Å²) in [5.74, 6) is 0. The predicted octanol–water partition coefficient (Wildman–Crippen LogP) is 4.15. The van der Waals surface area contributed by atoms with E-state index < -0.39 is 0 Å². The molecule has 0 saturated heterocycles. The highest BCUT2D eigenvalue weighted by Crippen LogP contribution is 2.07. The lowest BCUT2D eigenvalue weighted by Crippen LogP contribution is -2.05. The summed E-state index contributed by atoms with van der Waals surface area (Å²) in [6.07, 6.45) is 12.8. The molecule has 1 aromatic rings. The Morgan fingerprint density at radius 3 is 2.78 bits per heavy atom. The minimum atomic E-state index is 1.02. The highest BCUT2D eigenvalue weighted by Gasteiger charge is 2.02. The van der Waals surface area contributed by atoms with Gasteiger partial charge in [-0.25, -0.2) is 4.68 Å². The molecule has 0 unspecified atom stereocenters. The molecule has 3 nitrogen and oxygen atoms in total. The fourth-order valence-corrected chi connectivity index (χ4v) is 1.99. The Hall–Kier alpha value is -1.12. The van der Waals surface area contributed by atoms with Crippen LogP contribution in [0.4, 0.5) is 0 Å². The molecule has 0 fully saturated rings. The van der Waals surface area contributed by atoms with Crippen LogP contribution in [0.15, 0.2) is 17.8 Å². The Bertz CT molecular complexity index is 348. The van der Waals surface area contributed by atoms with Crippen molar-refractivity contribution >= 4 is 0 Å². The zero-order valence-corrected chi connectivity index (χ0v) is 12.2. The molecule has 0 saturated carbocycles. The summed E-state index contributed by atoms with van der Waals surface area (Å²) >= 11 is 0. The Morgan fingerprint density at radius 2 is 2.06 bits per heavy atom. The summed E-state index contributed by atoms with van der Waals surface area (Å²) in [5.41, 5.74) is 2.72.